The molecule has 20 heavy (non-hydrogen) atoms. The zero-order valence-electron chi connectivity index (χ0n) is 11.3. The van der Waals surface area contributed by atoms with Crippen LogP contribution in [0, 0.1) is 0 Å². The maximum atomic E-state index is 5.90. The van der Waals surface area contributed by atoms with Crippen LogP contribution in [0.5, 0.6) is 5.75 Å². The Bertz CT molecular complexity index is 648. The highest BCUT2D eigenvalue weighted by Gasteiger charge is 2.29. The maximum absolute atomic E-state index is 5.90. The Morgan fingerprint density at radius 3 is 2.90 bits per heavy atom. The Hall–Kier alpha value is -2.22. The largest absolute Gasteiger partial charge is 0.489 e. The molecule has 0 aliphatic carbocycles. The van der Waals surface area contributed by atoms with Crippen molar-refractivity contribution < 1.29 is 4.74 Å². The number of ether oxygens (including phenoxy) is 1. The Balaban J connectivity index is 1.50. The number of hydrogen-bond donors (Lipinski definition) is 0. The second-order valence-corrected chi connectivity index (χ2v) is 5.42. The molecule has 1 atom stereocenters. The molecule has 1 unspecified atom stereocenters. The van der Waals surface area contributed by atoms with Crippen molar-refractivity contribution in [2.24, 2.45) is 0 Å². The van der Waals surface area contributed by atoms with Gasteiger partial charge >= 0.3 is 0 Å². The van der Waals surface area contributed by atoms with Crippen molar-refractivity contribution in [2.75, 3.05) is 11.4 Å². The van der Waals surface area contributed by atoms with Crippen LogP contribution in [0.4, 0.5) is 5.69 Å². The summed E-state index contributed by atoms with van der Waals surface area (Å²) in [6, 6.07) is 17.3. The third kappa shape index (κ3) is 1.97. The third-order valence-corrected chi connectivity index (χ3v) is 4.10. The average Bonchev–Trinajstić information content (AvgIpc) is 3.06. The second-order valence-electron chi connectivity index (χ2n) is 5.42. The van der Waals surface area contributed by atoms with Gasteiger partial charge in [-0.25, -0.2) is 0 Å². The predicted octanol–water partition coefficient (Wildman–Crippen LogP) is 3.57. The minimum Gasteiger partial charge on any atom is -0.489 e. The van der Waals surface area contributed by atoms with Gasteiger partial charge in [0.25, 0.3) is 0 Å². The molecule has 100 valence electrons. The highest BCUT2D eigenvalue weighted by atomic mass is 16.5. The average molecular weight is 263 g/mol. The van der Waals surface area contributed by atoms with E-state index in [1.54, 1.807) is 0 Å². The van der Waals surface area contributed by atoms with Crippen LogP contribution in [-0.4, -0.2) is 12.6 Å². The Labute approximate surface area is 119 Å². The van der Waals surface area contributed by atoms with Crippen LogP contribution in [0.3, 0.4) is 0 Å². The van der Waals surface area contributed by atoms with Crippen molar-refractivity contribution in [1.82, 2.24) is 0 Å². The summed E-state index contributed by atoms with van der Waals surface area (Å²) < 4.78 is 5.90. The smallest absolute Gasteiger partial charge is 0.120 e. The van der Waals surface area contributed by atoms with Crippen LogP contribution in [0.1, 0.15) is 11.1 Å². The van der Waals surface area contributed by atoms with Gasteiger partial charge in [0.05, 0.1) is 6.04 Å². The minimum absolute atomic E-state index is 0.564. The molecule has 4 rings (SSSR count). The van der Waals surface area contributed by atoms with Crippen molar-refractivity contribution in [3.63, 3.8) is 0 Å². The first-order valence-corrected chi connectivity index (χ1v) is 7.13. The van der Waals surface area contributed by atoms with E-state index in [0.717, 1.165) is 18.7 Å². The van der Waals surface area contributed by atoms with Gasteiger partial charge in [0.1, 0.15) is 12.4 Å². The molecule has 2 aliphatic heterocycles. The quantitative estimate of drug-likeness (QED) is 0.785. The predicted molar refractivity (Wildman–Crippen MR) is 81.2 cm³/mol. The number of rotatable bonds is 3. The number of fused-ring (bicyclic) bond motifs is 3. The van der Waals surface area contributed by atoms with E-state index in [1.807, 2.05) is 18.2 Å². The molecule has 0 radical (unpaired) electrons. The summed E-state index contributed by atoms with van der Waals surface area (Å²) in [6.07, 6.45) is 5.67. The minimum atomic E-state index is 0.564. The standard InChI is InChI=1S/C18H17NO/c1-2-5-14(6-3-1)13-20-17-8-9-18-15(12-17)11-16-7-4-10-19(16)18/h1-9,12,16H,10-11,13H2. The number of benzene rings is 2. The molecular weight excluding hydrogens is 246 g/mol. The number of nitrogens with zero attached hydrogens (tertiary/aromatic N) is 1. The lowest BCUT2D eigenvalue weighted by atomic mass is 10.1. The van der Waals surface area contributed by atoms with Gasteiger partial charge in [-0.15, -0.1) is 0 Å². The molecule has 2 aliphatic rings. The van der Waals surface area contributed by atoms with E-state index >= 15 is 0 Å². The van der Waals surface area contributed by atoms with Crippen LogP contribution < -0.4 is 9.64 Å². The molecule has 2 heterocycles. The van der Waals surface area contributed by atoms with Crippen LogP contribution in [0.2, 0.25) is 0 Å². The summed E-state index contributed by atoms with van der Waals surface area (Å²) in [6.45, 7) is 1.68. The summed E-state index contributed by atoms with van der Waals surface area (Å²) in [5, 5.41) is 0. The van der Waals surface area contributed by atoms with E-state index in [4.69, 9.17) is 4.74 Å². The van der Waals surface area contributed by atoms with Crippen LogP contribution in [0.25, 0.3) is 0 Å². The molecule has 0 spiro atoms. The zero-order valence-corrected chi connectivity index (χ0v) is 11.3. The molecule has 0 amide bonds. The second kappa shape index (κ2) is 4.71. The topological polar surface area (TPSA) is 12.5 Å². The maximum Gasteiger partial charge on any atom is 0.120 e. The first kappa shape index (κ1) is 11.6. The molecule has 0 bridgehead atoms. The first-order valence-electron chi connectivity index (χ1n) is 7.13. The summed E-state index contributed by atoms with van der Waals surface area (Å²) in [5.74, 6) is 0.970. The van der Waals surface area contributed by atoms with Crippen LogP contribution >= 0.6 is 0 Å². The van der Waals surface area contributed by atoms with Crippen LogP contribution in [0.15, 0.2) is 60.7 Å². The number of hydrogen-bond acceptors (Lipinski definition) is 2. The lowest BCUT2D eigenvalue weighted by molar-refractivity contribution is 0.306. The molecule has 0 aromatic heterocycles. The number of anilines is 1. The first-order chi connectivity index (χ1) is 9.90. The van der Waals surface area contributed by atoms with Gasteiger partial charge in [-0.05, 0) is 35.7 Å². The molecule has 2 nitrogen and oxygen atoms in total. The molecule has 0 saturated heterocycles. The lowest BCUT2D eigenvalue weighted by Gasteiger charge is -2.18. The van der Waals surface area contributed by atoms with E-state index in [1.165, 1.54) is 16.8 Å². The normalized spacial score (nSPS) is 19.0. The van der Waals surface area contributed by atoms with Crippen molar-refractivity contribution in [3.05, 3.63) is 71.8 Å². The van der Waals surface area contributed by atoms with E-state index in [-0.39, 0.29) is 0 Å². The van der Waals surface area contributed by atoms with Gasteiger partial charge < -0.3 is 9.64 Å². The highest BCUT2D eigenvalue weighted by molar-refractivity contribution is 5.64. The fourth-order valence-electron chi connectivity index (χ4n) is 3.09. The van der Waals surface area contributed by atoms with E-state index in [0.29, 0.717) is 12.6 Å². The molecule has 2 aromatic rings. The molecule has 2 heteroatoms. The van der Waals surface area contributed by atoms with Crippen molar-refractivity contribution in [1.29, 1.82) is 0 Å². The zero-order chi connectivity index (χ0) is 13.4. The van der Waals surface area contributed by atoms with Crippen LogP contribution in [-0.2, 0) is 13.0 Å². The van der Waals surface area contributed by atoms with Gasteiger partial charge in [-0.1, -0.05) is 42.5 Å². The van der Waals surface area contributed by atoms with Crippen molar-refractivity contribution >= 4 is 5.69 Å². The van der Waals surface area contributed by atoms with E-state index in [2.05, 4.69) is 47.4 Å². The molecule has 0 N–H and O–H groups in total. The van der Waals surface area contributed by atoms with Gasteiger partial charge in [0.2, 0.25) is 0 Å². The third-order valence-electron chi connectivity index (χ3n) is 4.10. The molecule has 2 aromatic carbocycles. The fourth-order valence-corrected chi connectivity index (χ4v) is 3.09. The summed E-state index contributed by atoms with van der Waals surface area (Å²) in [4.78, 5) is 2.45. The highest BCUT2D eigenvalue weighted by Crippen LogP contribution is 2.37. The summed E-state index contributed by atoms with van der Waals surface area (Å²) in [7, 11) is 0. The van der Waals surface area contributed by atoms with Gasteiger partial charge in [-0.2, -0.15) is 0 Å². The van der Waals surface area contributed by atoms with Gasteiger partial charge in [0, 0.05) is 12.2 Å². The molecule has 0 fully saturated rings. The molecule has 0 saturated carbocycles. The Morgan fingerprint density at radius 1 is 1.10 bits per heavy atom. The SMILES string of the molecule is C1=CC2Cc3cc(OCc4ccccc4)ccc3N2C1. The fraction of sp³-hybridized carbons (Fsp3) is 0.222. The Kier molecular flexibility index (Phi) is 2.73. The van der Waals surface area contributed by atoms with Crippen molar-refractivity contribution in [3.8, 4) is 5.75 Å². The molecular formula is C18H17NO. The monoisotopic (exact) mass is 263 g/mol. The lowest BCUT2D eigenvalue weighted by Crippen LogP contribution is -2.24. The van der Waals surface area contributed by atoms with Gasteiger partial charge in [-0.3, -0.25) is 0 Å². The summed E-state index contributed by atoms with van der Waals surface area (Å²) in [5.41, 5.74) is 3.98. The van der Waals surface area contributed by atoms with Crippen molar-refractivity contribution in [2.45, 2.75) is 19.1 Å². The summed E-state index contributed by atoms with van der Waals surface area (Å²) >= 11 is 0. The van der Waals surface area contributed by atoms with E-state index in [9.17, 15) is 0 Å². The Morgan fingerprint density at radius 2 is 2.00 bits per heavy atom. The van der Waals surface area contributed by atoms with Gasteiger partial charge in [0.15, 0.2) is 0 Å². The van der Waals surface area contributed by atoms with E-state index < -0.39 is 0 Å².